The third-order valence-corrected chi connectivity index (χ3v) is 3.41. The highest BCUT2D eigenvalue weighted by molar-refractivity contribution is 5.49. The molecule has 108 valence electrons. The molecule has 21 heavy (non-hydrogen) atoms. The molecule has 3 rings (SSSR count). The molecule has 2 bridgehead atoms. The Balaban J connectivity index is 0.000000189. The maximum absolute atomic E-state index is 5.41. The fourth-order valence-electron chi connectivity index (χ4n) is 2.19. The zero-order valence-corrected chi connectivity index (χ0v) is 13.1. The van der Waals surface area contributed by atoms with E-state index in [0.717, 1.165) is 12.1 Å². The van der Waals surface area contributed by atoms with Gasteiger partial charge in [0.1, 0.15) is 0 Å². The molecule has 0 saturated heterocycles. The van der Waals surface area contributed by atoms with Crippen LogP contribution in [-0.4, -0.2) is 5.54 Å². The fraction of sp³-hybridized carbons (Fsp3) is 0.300. The summed E-state index contributed by atoms with van der Waals surface area (Å²) in [5.41, 5.74) is 5.22. The average molecular weight is 277 g/mol. The second-order valence-corrected chi connectivity index (χ2v) is 6.40. The molecule has 0 aliphatic heterocycles. The van der Waals surface area contributed by atoms with Gasteiger partial charge >= 0.3 is 0 Å². The van der Waals surface area contributed by atoms with Crippen molar-refractivity contribution in [3.05, 3.63) is 70.8 Å². The lowest BCUT2D eigenvalue weighted by Gasteiger charge is -2.21. The SMILES string of the molecule is C#Cc1ccccc1CNC(C)(C)C.C1=CC2=CC=C1C2. The molecule has 0 radical (unpaired) electrons. The molecule has 0 spiro atoms. The Morgan fingerprint density at radius 2 is 1.71 bits per heavy atom. The normalized spacial score (nSPS) is 15.0. The van der Waals surface area contributed by atoms with Gasteiger partial charge in [-0.2, -0.15) is 0 Å². The van der Waals surface area contributed by atoms with Gasteiger partial charge in [-0.05, 0) is 50.0 Å². The summed E-state index contributed by atoms with van der Waals surface area (Å²) in [5.74, 6) is 2.69. The molecule has 0 unspecified atom stereocenters. The molecular weight excluding hydrogens is 254 g/mol. The minimum Gasteiger partial charge on any atom is -0.308 e. The summed E-state index contributed by atoms with van der Waals surface area (Å²) in [6, 6.07) is 8.02. The zero-order valence-electron chi connectivity index (χ0n) is 13.1. The van der Waals surface area contributed by atoms with E-state index in [2.05, 4.69) is 62.4 Å². The standard InChI is InChI=1S/C13H17N.C7H6/c1-5-11-8-6-7-9-12(11)10-14-13(2,3)4;1-2-7-4-3-6(1)5-7/h1,6-9,14H,10H2,2-4H3;1-4H,5H2. The molecule has 1 aromatic rings. The summed E-state index contributed by atoms with van der Waals surface area (Å²) in [6.45, 7) is 7.26. The smallest absolute Gasteiger partial charge is 0.0287 e. The molecule has 0 atom stereocenters. The Hall–Kier alpha value is -2.04. The molecule has 1 N–H and O–H groups in total. The minimum absolute atomic E-state index is 0.127. The van der Waals surface area contributed by atoms with Crippen LogP contribution in [0.15, 0.2) is 59.7 Å². The lowest BCUT2D eigenvalue weighted by molar-refractivity contribution is 0.424. The predicted octanol–water partition coefficient (Wildman–Crippen LogP) is 4.37. The summed E-state index contributed by atoms with van der Waals surface area (Å²) in [5, 5.41) is 3.42. The minimum atomic E-state index is 0.127. The number of hydrogen-bond acceptors (Lipinski definition) is 1. The van der Waals surface area contributed by atoms with Crippen molar-refractivity contribution in [2.75, 3.05) is 0 Å². The molecule has 2 aliphatic rings. The maximum Gasteiger partial charge on any atom is 0.0287 e. The van der Waals surface area contributed by atoms with Crippen molar-refractivity contribution < 1.29 is 0 Å². The van der Waals surface area contributed by atoms with Crippen molar-refractivity contribution in [3.63, 3.8) is 0 Å². The van der Waals surface area contributed by atoms with Crippen LogP contribution in [0.25, 0.3) is 0 Å². The van der Waals surface area contributed by atoms with Crippen molar-refractivity contribution in [2.24, 2.45) is 0 Å². The summed E-state index contributed by atoms with van der Waals surface area (Å²) < 4.78 is 0. The first-order chi connectivity index (χ1) is 9.98. The van der Waals surface area contributed by atoms with Crippen LogP contribution in [0.1, 0.15) is 38.3 Å². The number of hydrogen-bond donors (Lipinski definition) is 1. The summed E-state index contributed by atoms with van der Waals surface area (Å²) in [6.07, 6.45) is 15.3. The largest absolute Gasteiger partial charge is 0.308 e. The van der Waals surface area contributed by atoms with E-state index in [1.807, 2.05) is 18.2 Å². The zero-order chi connectivity index (χ0) is 15.3. The van der Waals surface area contributed by atoms with Gasteiger partial charge in [0.15, 0.2) is 0 Å². The van der Waals surface area contributed by atoms with Gasteiger partial charge in [-0.25, -0.2) is 0 Å². The van der Waals surface area contributed by atoms with Crippen molar-refractivity contribution in [2.45, 2.75) is 39.3 Å². The molecule has 0 amide bonds. The molecule has 1 heteroatoms. The number of allylic oxidation sites excluding steroid dienone is 6. The lowest BCUT2D eigenvalue weighted by Crippen LogP contribution is -2.35. The van der Waals surface area contributed by atoms with Gasteiger partial charge in [0.2, 0.25) is 0 Å². The predicted molar refractivity (Wildman–Crippen MR) is 90.9 cm³/mol. The van der Waals surface area contributed by atoms with Crippen LogP contribution in [0, 0.1) is 12.3 Å². The van der Waals surface area contributed by atoms with E-state index in [1.165, 1.54) is 23.1 Å². The second kappa shape index (κ2) is 6.61. The maximum atomic E-state index is 5.41. The van der Waals surface area contributed by atoms with Crippen molar-refractivity contribution in [3.8, 4) is 12.3 Å². The summed E-state index contributed by atoms with van der Waals surface area (Å²) in [4.78, 5) is 0. The van der Waals surface area contributed by atoms with Crippen molar-refractivity contribution >= 4 is 0 Å². The van der Waals surface area contributed by atoms with E-state index in [4.69, 9.17) is 6.42 Å². The van der Waals surface area contributed by atoms with Crippen molar-refractivity contribution in [1.29, 1.82) is 0 Å². The highest BCUT2D eigenvalue weighted by atomic mass is 14.9. The van der Waals surface area contributed by atoms with Crippen molar-refractivity contribution in [1.82, 2.24) is 5.32 Å². The second-order valence-electron chi connectivity index (χ2n) is 6.40. The van der Waals surface area contributed by atoms with E-state index in [0.29, 0.717) is 0 Å². The van der Waals surface area contributed by atoms with E-state index >= 15 is 0 Å². The fourth-order valence-corrected chi connectivity index (χ4v) is 2.19. The van der Waals surface area contributed by atoms with Gasteiger partial charge in [0, 0.05) is 17.6 Å². The van der Waals surface area contributed by atoms with Gasteiger partial charge in [-0.1, -0.05) is 48.4 Å². The van der Waals surface area contributed by atoms with E-state index in [9.17, 15) is 0 Å². The molecule has 0 aromatic heterocycles. The average Bonchev–Trinajstić information content (AvgIpc) is 3.10. The topological polar surface area (TPSA) is 12.0 Å². The Morgan fingerprint density at radius 3 is 2.14 bits per heavy atom. The quantitative estimate of drug-likeness (QED) is 0.792. The number of terminal acetylenes is 1. The monoisotopic (exact) mass is 277 g/mol. The third kappa shape index (κ3) is 4.77. The van der Waals surface area contributed by atoms with Crippen LogP contribution in [0.4, 0.5) is 0 Å². The van der Waals surface area contributed by atoms with E-state index in [-0.39, 0.29) is 5.54 Å². The lowest BCUT2D eigenvalue weighted by atomic mass is 10.1. The van der Waals surface area contributed by atoms with Gasteiger partial charge < -0.3 is 5.32 Å². The van der Waals surface area contributed by atoms with Crippen LogP contribution >= 0.6 is 0 Å². The Kier molecular flexibility index (Phi) is 4.83. The summed E-state index contributed by atoms with van der Waals surface area (Å²) >= 11 is 0. The van der Waals surface area contributed by atoms with E-state index in [1.54, 1.807) is 0 Å². The van der Waals surface area contributed by atoms with E-state index < -0.39 is 0 Å². The van der Waals surface area contributed by atoms with Gasteiger partial charge in [-0.15, -0.1) is 6.42 Å². The molecule has 2 aliphatic carbocycles. The first kappa shape index (κ1) is 15.4. The Morgan fingerprint density at radius 1 is 1.10 bits per heavy atom. The Bertz CT molecular complexity index is 611. The van der Waals surface area contributed by atoms with Crippen LogP contribution in [0.2, 0.25) is 0 Å². The molecule has 1 aromatic carbocycles. The Labute approximate surface area is 128 Å². The van der Waals surface area contributed by atoms with Crippen LogP contribution < -0.4 is 5.32 Å². The molecule has 0 fully saturated rings. The first-order valence-electron chi connectivity index (χ1n) is 7.35. The third-order valence-electron chi connectivity index (χ3n) is 3.41. The highest BCUT2D eigenvalue weighted by Gasteiger charge is 2.09. The number of benzene rings is 1. The number of nitrogens with one attached hydrogen (secondary N) is 1. The summed E-state index contributed by atoms with van der Waals surface area (Å²) in [7, 11) is 0. The van der Waals surface area contributed by atoms with Gasteiger partial charge in [0.05, 0.1) is 0 Å². The highest BCUT2D eigenvalue weighted by Crippen LogP contribution is 2.27. The molecule has 0 saturated carbocycles. The van der Waals surface area contributed by atoms with Crippen LogP contribution in [0.3, 0.4) is 0 Å². The number of rotatable bonds is 2. The molecule has 0 heterocycles. The molecule has 1 nitrogen and oxygen atoms in total. The number of fused-ring (bicyclic) bond motifs is 2. The van der Waals surface area contributed by atoms with Crippen LogP contribution in [-0.2, 0) is 6.54 Å². The van der Waals surface area contributed by atoms with Gasteiger partial charge in [-0.3, -0.25) is 0 Å². The first-order valence-corrected chi connectivity index (χ1v) is 7.35. The molecular formula is C20H23N. The van der Waals surface area contributed by atoms with Crippen LogP contribution in [0.5, 0.6) is 0 Å². The van der Waals surface area contributed by atoms with Gasteiger partial charge in [0.25, 0.3) is 0 Å².